The van der Waals surface area contributed by atoms with Gasteiger partial charge in [0, 0.05) is 28.9 Å². The van der Waals surface area contributed by atoms with Crippen LogP contribution in [0.5, 0.6) is 0 Å². The highest BCUT2D eigenvalue weighted by molar-refractivity contribution is 6.35. The van der Waals surface area contributed by atoms with E-state index in [9.17, 15) is 9.59 Å². The first-order valence-corrected chi connectivity index (χ1v) is 8.35. The van der Waals surface area contributed by atoms with Crippen LogP contribution in [0.4, 0.5) is 0 Å². The van der Waals surface area contributed by atoms with E-state index in [4.69, 9.17) is 23.2 Å². The monoisotopic (exact) mass is 343 g/mol. The Morgan fingerprint density at radius 1 is 1.32 bits per heavy atom. The highest BCUT2D eigenvalue weighted by Gasteiger charge is 2.27. The second-order valence-electron chi connectivity index (χ2n) is 5.71. The van der Waals surface area contributed by atoms with Crippen molar-refractivity contribution in [1.82, 2.24) is 4.90 Å². The molecule has 3 nitrogen and oxygen atoms in total. The molecule has 0 heterocycles. The van der Waals surface area contributed by atoms with Crippen LogP contribution in [0.2, 0.25) is 10.0 Å². The first-order valence-electron chi connectivity index (χ1n) is 7.59. The molecule has 0 saturated carbocycles. The number of Topliss-reactive ketones (excluding diaryl/α,β-unsaturated/α-hetero) is 1. The normalized spacial score (nSPS) is 12.3. The molecule has 0 bridgehead atoms. The Hall–Kier alpha value is -1.06. The average molecular weight is 344 g/mol. The molecule has 1 atom stereocenters. The quantitative estimate of drug-likeness (QED) is 0.623. The molecule has 1 aromatic carbocycles. The van der Waals surface area contributed by atoms with Gasteiger partial charge in [-0.3, -0.25) is 9.59 Å². The molecule has 0 aliphatic rings. The number of rotatable bonds is 9. The van der Waals surface area contributed by atoms with E-state index in [2.05, 4.69) is 6.92 Å². The molecule has 122 valence electrons. The summed E-state index contributed by atoms with van der Waals surface area (Å²) in [5, 5.41) is 1.08. The molecule has 0 radical (unpaired) electrons. The van der Waals surface area contributed by atoms with E-state index in [0.29, 0.717) is 23.0 Å². The molecule has 0 aromatic heterocycles. The van der Waals surface area contributed by atoms with Crippen LogP contribution in [0.25, 0.3) is 0 Å². The van der Waals surface area contributed by atoms with Crippen molar-refractivity contribution in [3.05, 3.63) is 33.8 Å². The Morgan fingerprint density at radius 2 is 2.00 bits per heavy atom. The summed E-state index contributed by atoms with van der Waals surface area (Å²) in [6.07, 6.45) is 3.02. The van der Waals surface area contributed by atoms with Crippen LogP contribution in [0.3, 0.4) is 0 Å². The van der Waals surface area contributed by atoms with E-state index < -0.39 is 6.04 Å². The van der Waals surface area contributed by atoms with Crippen molar-refractivity contribution < 1.29 is 9.59 Å². The summed E-state index contributed by atoms with van der Waals surface area (Å²) in [5.74, 6) is -0.0885. The van der Waals surface area contributed by atoms with E-state index in [0.717, 1.165) is 24.8 Å². The Morgan fingerprint density at radius 3 is 2.50 bits per heavy atom. The molecule has 1 rings (SSSR count). The number of benzene rings is 1. The zero-order chi connectivity index (χ0) is 16.7. The molecule has 5 heteroatoms. The molecule has 1 amide bonds. The summed E-state index contributed by atoms with van der Waals surface area (Å²) in [7, 11) is 0. The lowest BCUT2D eigenvalue weighted by molar-refractivity contribution is -0.133. The number of carbonyl (C=O) groups excluding carboxylic acids is 2. The minimum atomic E-state index is -0.484. The van der Waals surface area contributed by atoms with E-state index >= 15 is 0 Å². The maximum Gasteiger partial charge on any atom is 0.210 e. The first kappa shape index (κ1) is 19.0. The molecule has 1 unspecified atom stereocenters. The van der Waals surface area contributed by atoms with Gasteiger partial charge in [-0.2, -0.15) is 0 Å². The summed E-state index contributed by atoms with van der Waals surface area (Å²) < 4.78 is 0. The molecule has 0 N–H and O–H groups in total. The predicted molar refractivity (Wildman–Crippen MR) is 91.5 cm³/mol. The highest BCUT2D eigenvalue weighted by Crippen LogP contribution is 2.24. The minimum Gasteiger partial charge on any atom is -0.335 e. The zero-order valence-electron chi connectivity index (χ0n) is 13.3. The van der Waals surface area contributed by atoms with Crippen molar-refractivity contribution in [2.24, 2.45) is 5.92 Å². The summed E-state index contributed by atoms with van der Waals surface area (Å²) >= 11 is 12.1. The Labute approximate surface area is 142 Å². The van der Waals surface area contributed by atoms with Gasteiger partial charge < -0.3 is 4.90 Å². The van der Waals surface area contributed by atoms with E-state index in [1.165, 1.54) is 0 Å². The SMILES string of the molecule is CCCCN(C=O)C(Cc1ccc(Cl)cc1Cl)C(=O)C(C)C. The van der Waals surface area contributed by atoms with Crippen molar-refractivity contribution in [3.63, 3.8) is 0 Å². The number of ketones is 1. The number of hydrogen-bond acceptors (Lipinski definition) is 2. The maximum absolute atomic E-state index is 12.5. The summed E-state index contributed by atoms with van der Waals surface area (Å²) in [5.41, 5.74) is 0.827. The number of halogens is 2. The third-order valence-corrected chi connectivity index (χ3v) is 4.22. The first-order chi connectivity index (χ1) is 10.4. The van der Waals surface area contributed by atoms with Gasteiger partial charge in [-0.15, -0.1) is 0 Å². The summed E-state index contributed by atoms with van der Waals surface area (Å²) in [6, 6.07) is 4.74. The fourth-order valence-electron chi connectivity index (χ4n) is 2.28. The lowest BCUT2D eigenvalue weighted by Gasteiger charge is -2.29. The molecule has 0 aliphatic heterocycles. The molecule has 0 aliphatic carbocycles. The van der Waals surface area contributed by atoms with E-state index in [1.807, 2.05) is 19.9 Å². The third kappa shape index (κ3) is 5.29. The van der Waals surface area contributed by atoms with Crippen LogP contribution in [-0.4, -0.2) is 29.7 Å². The lowest BCUT2D eigenvalue weighted by atomic mass is 9.94. The molecule has 22 heavy (non-hydrogen) atoms. The summed E-state index contributed by atoms with van der Waals surface area (Å²) in [4.78, 5) is 25.5. The van der Waals surface area contributed by atoms with Crippen molar-refractivity contribution >= 4 is 35.4 Å². The van der Waals surface area contributed by atoms with Crippen molar-refractivity contribution in [2.75, 3.05) is 6.54 Å². The fourth-order valence-corrected chi connectivity index (χ4v) is 2.77. The van der Waals surface area contributed by atoms with E-state index in [1.54, 1.807) is 17.0 Å². The van der Waals surface area contributed by atoms with Crippen LogP contribution >= 0.6 is 23.2 Å². The van der Waals surface area contributed by atoms with Crippen LogP contribution in [0, 0.1) is 5.92 Å². The molecule has 0 fully saturated rings. The maximum atomic E-state index is 12.5. The van der Waals surface area contributed by atoms with Gasteiger partial charge in [0.05, 0.1) is 6.04 Å². The molecule has 0 saturated heterocycles. The fraction of sp³-hybridized carbons (Fsp3) is 0.529. The summed E-state index contributed by atoms with van der Waals surface area (Å²) in [6.45, 7) is 6.33. The predicted octanol–water partition coefficient (Wildman–Crippen LogP) is 4.39. The van der Waals surface area contributed by atoms with Gasteiger partial charge in [-0.05, 0) is 24.1 Å². The topological polar surface area (TPSA) is 37.4 Å². The smallest absolute Gasteiger partial charge is 0.210 e. The lowest BCUT2D eigenvalue weighted by Crippen LogP contribution is -2.44. The zero-order valence-corrected chi connectivity index (χ0v) is 14.8. The number of hydrogen-bond donors (Lipinski definition) is 0. The van der Waals surface area contributed by atoms with Crippen molar-refractivity contribution in [3.8, 4) is 0 Å². The highest BCUT2D eigenvalue weighted by atomic mass is 35.5. The van der Waals surface area contributed by atoms with Gasteiger partial charge in [0.15, 0.2) is 5.78 Å². The number of carbonyl (C=O) groups is 2. The third-order valence-electron chi connectivity index (χ3n) is 3.63. The Balaban J connectivity index is 3.03. The largest absolute Gasteiger partial charge is 0.335 e. The molecular formula is C17H23Cl2NO2. The van der Waals surface area contributed by atoms with Gasteiger partial charge in [0.2, 0.25) is 6.41 Å². The molecular weight excluding hydrogens is 321 g/mol. The van der Waals surface area contributed by atoms with Gasteiger partial charge in [0.25, 0.3) is 0 Å². The van der Waals surface area contributed by atoms with Gasteiger partial charge in [-0.1, -0.05) is 56.5 Å². The average Bonchev–Trinajstić information content (AvgIpc) is 2.47. The standard InChI is InChI=1S/C17H23Cl2NO2/c1-4-5-8-20(11-21)16(17(22)12(2)3)9-13-6-7-14(18)10-15(13)19/h6-7,10-12,16H,4-5,8-9H2,1-3H3. The van der Waals surface area contributed by atoms with Crippen molar-refractivity contribution in [1.29, 1.82) is 0 Å². The number of unbranched alkanes of at least 4 members (excludes halogenated alkanes) is 1. The van der Waals surface area contributed by atoms with Crippen LogP contribution < -0.4 is 0 Å². The van der Waals surface area contributed by atoms with Gasteiger partial charge in [-0.25, -0.2) is 0 Å². The van der Waals surface area contributed by atoms with Crippen LogP contribution in [-0.2, 0) is 16.0 Å². The Kier molecular flexibility index (Phi) is 7.91. The number of nitrogens with zero attached hydrogens (tertiary/aromatic N) is 1. The van der Waals surface area contributed by atoms with Gasteiger partial charge >= 0.3 is 0 Å². The van der Waals surface area contributed by atoms with Crippen LogP contribution in [0.1, 0.15) is 39.2 Å². The second-order valence-corrected chi connectivity index (χ2v) is 6.55. The van der Waals surface area contributed by atoms with Gasteiger partial charge in [0.1, 0.15) is 0 Å². The minimum absolute atomic E-state index is 0.0502. The molecule has 0 spiro atoms. The van der Waals surface area contributed by atoms with Crippen molar-refractivity contribution in [2.45, 2.75) is 46.1 Å². The number of amides is 1. The van der Waals surface area contributed by atoms with E-state index in [-0.39, 0.29) is 11.7 Å². The van der Waals surface area contributed by atoms with Crippen LogP contribution in [0.15, 0.2) is 18.2 Å². The Bertz CT molecular complexity index is 517. The second kappa shape index (κ2) is 9.16. The molecule has 1 aromatic rings.